The van der Waals surface area contributed by atoms with Gasteiger partial charge in [-0.05, 0) is 73.7 Å². The third-order valence-electron chi connectivity index (χ3n) is 11.1. The van der Waals surface area contributed by atoms with Crippen molar-refractivity contribution >= 4 is 0 Å². The minimum Gasteiger partial charge on any atom is -0.393 e. The molecule has 0 aromatic heterocycles. The second kappa shape index (κ2) is 7.18. The van der Waals surface area contributed by atoms with Crippen molar-refractivity contribution < 1.29 is 14.9 Å². The Morgan fingerprint density at radius 3 is 2.35 bits per heavy atom. The predicted octanol–water partition coefficient (Wildman–Crippen LogP) is 6.47. The molecule has 0 aromatic rings. The van der Waals surface area contributed by atoms with Crippen LogP contribution in [0.5, 0.6) is 0 Å². The lowest BCUT2D eigenvalue weighted by molar-refractivity contribution is -0.497. The number of rotatable bonds is 4. The summed E-state index contributed by atoms with van der Waals surface area (Å²) in [7, 11) is 0. The molecule has 1 N–H and O–H groups in total. The van der Waals surface area contributed by atoms with Gasteiger partial charge in [-0.25, -0.2) is 9.78 Å². The normalized spacial score (nSPS) is 52.8. The molecule has 31 heavy (non-hydrogen) atoms. The van der Waals surface area contributed by atoms with Gasteiger partial charge in [-0.1, -0.05) is 59.8 Å². The molecule has 0 aromatic carbocycles. The molecule has 4 aliphatic carbocycles. The molecule has 3 saturated carbocycles. The highest BCUT2D eigenvalue weighted by Crippen LogP contribution is 2.72. The van der Waals surface area contributed by atoms with E-state index in [0.717, 1.165) is 12.8 Å². The Balaban J connectivity index is 1.45. The summed E-state index contributed by atoms with van der Waals surface area (Å²) in [5.74, 6) is 3.64. The Hall–Kier alpha value is -0.640. The minimum atomic E-state index is -0.439. The molecule has 3 heteroatoms. The van der Waals surface area contributed by atoms with Crippen LogP contribution in [0.1, 0.15) is 86.5 Å². The van der Waals surface area contributed by atoms with Crippen molar-refractivity contribution in [2.24, 2.45) is 46.3 Å². The Morgan fingerprint density at radius 2 is 1.68 bits per heavy atom. The maximum Gasteiger partial charge on any atom is 0.130 e. The smallest absolute Gasteiger partial charge is 0.130 e. The maximum atomic E-state index is 10.4. The molecule has 2 spiro atoms. The van der Waals surface area contributed by atoms with E-state index in [1.165, 1.54) is 25.7 Å². The van der Waals surface area contributed by atoms with Gasteiger partial charge < -0.3 is 5.11 Å². The summed E-state index contributed by atoms with van der Waals surface area (Å²) in [6.07, 6.45) is 17.0. The van der Waals surface area contributed by atoms with Gasteiger partial charge in [0.05, 0.1) is 6.10 Å². The van der Waals surface area contributed by atoms with Crippen molar-refractivity contribution in [3.63, 3.8) is 0 Å². The quantitative estimate of drug-likeness (QED) is 0.412. The van der Waals surface area contributed by atoms with Crippen LogP contribution in [-0.2, 0) is 9.78 Å². The van der Waals surface area contributed by atoms with Crippen molar-refractivity contribution in [1.29, 1.82) is 0 Å². The molecule has 0 amide bonds. The van der Waals surface area contributed by atoms with Gasteiger partial charge in [0.15, 0.2) is 0 Å². The molecular formula is C28H44O3. The summed E-state index contributed by atoms with van der Waals surface area (Å²) in [5, 5.41) is 10.4. The molecule has 0 radical (unpaired) electrons. The lowest BCUT2D eigenvalue weighted by Crippen LogP contribution is -2.73. The minimum absolute atomic E-state index is 0.0663. The summed E-state index contributed by atoms with van der Waals surface area (Å²) in [4.78, 5) is 12.8. The van der Waals surface area contributed by atoms with E-state index in [0.29, 0.717) is 41.9 Å². The molecule has 2 bridgehead atoms. The molecule has 174 valence electrons. The van der Waals surface area contributed by atoms with E-state index in [1.54, 1.807) is 0 Å². The molecule has 10 atom stereocenters. The largest absolute Gasteiger partial charge is 0.393 e. The summed E-state index contributed by atoms with van der Waals surface area (Å²) in [6, 6.07) is 0. The number of aliphatic hydroxyl groups excluding tert-OH is 1. The highest BCUT2D eigenvalue weighted by Gasteiger charge is 2.74. The number of hydrogen-bond acceptors (Lipinski definition) is 3. The monoisotopic (exact) mass is 428 g/mol. The highest BCUT2D eigenvalue weighted by molar-refractivity contribution is 5.33. The van der Waals surface area contributed by atoms with Gasteiger partial charge in [0.2, 0.25) is 0 Å². The van der Waals surface area contributed by atoms with Gasteiger partial charge in [0, 0.05) is 23.7 Å². The average molecular weight is 429 g/mol. The van der Waals surface area contributed by atoms with Crippen LogP contribution in [0.25, 0.3) is 0 Å². The first-order valence-corrected chi connectivity index (χ1v) is 13.0. The standard InChI is InChI=1S/C28H44O3/c1-18(2)19(3)7-8-20(4)22-9-10-23-25(22,5)13-12-24-26(6)14-11-21(29)17-27(26)15-16-28(23,24)31-30-27/h7-8,15-16,18-24,29H,9-14,17H2,1-6H3/b8-7+/t19?,20?,21-,22?,23?,24?,25+,26+,27?,28?/m0/s1. The lowest BCUT2D eigenvalue weighted by Gasteiger charge is -2.69. The van der Waals surface area contributed by atoms with Crippen LogP contribution >= 0.6 is 0 Å². The van der Waals surface area contributed by atoms with Crippen LogP contribution in [-0.4, -0.2) is 22.4 Å². The maximum absolute atomic E-state index is 10.4. The van der Waals surface area contributed by atoms with Gasteiger partial charge in [0.1, 0.15) is 11.2 Å². The van der Waals surface area contributed by atoms with E-state index in [1.807, 2.05) is 0 Å². The SMILES string of the molecule is CC(C)C(C)/C=C/C(C)C1CCC2C34C=CC5(C[C@@H](O)CC[C@]5(C)C3CC[C@]12C)OO4. The van der Waals surface area contributed by atoms with E-state index < -0.39 is 5.60 Å². The van der Waals surface area contributed by atoms with Gasteiger partial charge >= 0.3 is 0 Å². The average Bonchev–Trinajstić information content (AvgIpc) is 3.09. The number of allylic oxidation sites excluding steroid dienone is 2. The molecule has 3 nitrogen and oxygen atoms in total. The Bertz CT molecular complexity index is 772. The van der Waals surface area contributed by atoms with Gasteiger partial charge in [-0.3, -0.25) is 0 Å². The van der Waals surface area contributed by atoms with Crippen molar-refractivity contribution in [2.45, 2.75) is 104 Å². The zero-order valence-corrected chi connectivity index (χ0v) is 20.6. The molecule has 1 saturated heterocycles. The predicted molar refractivity (Wildman–Crippen MR) is 124 cm³/mol. The highest BCUT2D eigenvalue weighted by atomic mass is 17.2. The van der Waals surface area contributed by atoms with Crippen LogP contribution in [0.4, 0.5) is 0 Å². The molecule has 2 aliphatic heterocycles. The fourth-order valence-electron chi connectivity index (χ4n) is 8.71. The van der Waals surface area contributed by atoms with Gasteiger partial charge in [-0.15, -0.1) is 0 Å². The van der Waals surface area contributed by atoms with Crippen LogP contribution < -0.4 is 0 Å². The van der Waals surface area contributed by atoms with E-state index in [4.69, 9.17) is 9.78 Å². The molecule has 6 rings (SSSR count). The van der Waals surface area contributed by atoms with Crippen molar-refractivity contribution in [3.05, 3.63) is 24.3 Å². The number of fused-ring (bicyclic) bond motifs is 2. The third-order valence-corrected chi connectivity index (χ3v) is 11.1. The summed E-state index contributed by atoms with van der Waals surface area (Å²) < 4.78 is 0. The zero-order valence-electron chi connectivity index (χ0n) is 20.6. The van der Waals surface area contributed by atoms with Crippen molar-refractivity contribution in [3.8, 4) is 0 Å². The third kappa shape index (κ3) is 2.88. The number of hydrogen-bond donors (Lipinski definition) is 1. The van der Waals surface area contributed by atoms with Crippen LogP contribution in [0.15, 0.2) is 24.3 Å². The van der Waals surface area contributed by atoms with Gasteiger partial charge in [-0.2, -0.15) is 0 Å². The first kappa shape index (κ1) is 22.2. The molecule has 2 heterocycles. The van der Waals surface area contributed by atoms with Crippen LogP contribution in [0.3, 0.4) is 0 Å². The Labute approximate surface area is 189 Å². The Kier molecular flexibility index (Phi) is 5.13. The molecule has 4 fully saturated rings. The van der Waals surface area contributed by atoms with Crippen LogP contribution in [0.2, 0.25) is 0 Å². The topological polar surface area (TPSA) is 38.7 Å². The second-order valence-corrected chi connectivity index (χ2v) is 12.7. The molecular weight excluding hydrogens is 384 g/mol. The summed E-state index contributed by atoms with van der Waals surface area (Å²) in [6.45, 7) is 14.4. The summed E-state index contributed by atoms with van der Waals surface area (Å²) >= 11 is 0. The van der Waals surface area contributed by atoms with Gasteiger partial charge in [0.25, 0.3) is 0 Å². The van der Waals surface area contributed by atoms with Crippen molar-refractivity contribution in [2.75, 3.05) is 0 Å². The second-order valence-electron chi connectivity index (χ2n) is 12.7. The van der Waals surface area contributed by atoms with E-state index >= 15 is 0 Å². The summed E-state index contributed by atoms with van der Waals surface area (Å²) in [5.41, 5.74) is -0.366. The number of aliphatic hydroxyl groups is 1. The van der Waals surface area contributed by atoms with E-state index in [-0.39, 0.29) is 22.5 Å². The fourth-order valence-corrected chi connectivity index (χ4v) is 8.71. The first-order valence-electron chi connectivity index (χ1n) is 13.0. The van der Waals surface area contributed by atoms with E-state index in [9.17, 15) is 5.11 Å². The van der Waals surface area contributed by atoms with Crippen LogP contribution in [0, 0.1) is 46.3 Å². The molecule has 6 aliphatic rings. The first-order chi connectivity index (χ1) is 14.6. The molecule has 7 unspecified atom stereocenters. The van der Waals surface area contributed by atoms with E-state index in [2.05, 4.69) is 65.8 Å². The lowest BCUT2D eigenvalue weighted by atomic mass is 9.43. The Morgan fingerprint density at radius 1 is 0.903 bits per heavy atom. The van der Waals surface area contributed by atoms with Crippen molar-refractivity contribution in [1.82, 2.24) is 0 Å². The fraction of sp³-hybridized carbons (Fsp3) is 0.857. The zero-order chi connectivity index (χ0) is 22.2.